The first kappa shape index (κ1) is 36.3. The monoisotopic (exact) mass is 645 g/mol. The summed E-state index contributed by atoms with van der Waals surface area (Å²) >= 11 is 0. The van der Waals surface area contributed by atoms with Crippen LogP contribution in [0, 0.1) is 0 Å². The number of alkyl halides is 6. The zero-order valence-electron chi connectivity index (χ0n) is 23.3. The topological polar surface area (TPSA) is 177 Å². The van der Waals surface area contributed by atoms with Crippen LogP contribution in [0.15, 0.2) is 67.0 Å². The molecule has 0 bridgehead atoms. The second-order valence-electron chi connectivity index (χ2n) is 9.64. The quantitative estimate of drug-likeness (QED) is 0.246. The number of hydrogen-bond donors (Lipinski definition) is 5. The van der Waals surface area contributed by atoms with Gasteiger partial charge in [0.25, 0.3) is 5.91 Å². The first-order chi connectivity index (χ1) is 21.0. The molecular weight excluding hydrogens is 616 g/mol. The summed E-state index contributed by atoms with van der Waals surface area (Å²) in [5.41, 5.74) is 8.90. The van der Waals surface area contributed by atoms with Crippen LogP contribution in [0.3, 0.4) is 0 Å². The molecule has 45 heavy (non-hydrogen) atoms. The Balaban J connectivity index is 0.000000421. The third-order valence-corrected chi connectivity index (χ3v) is 5.98. The van der Waals surface area contributed by atoms with Gasteiger partial charge in [-0.15, -0.1) is 0 Å². The predicted molar refractivity (Wildman–Crippen MR) is 147 cm³/mol. The summed E-state index contributed by atoms with van der Waals surface area (Å²) in [5, 5.41) is 24.5. The predicted octanol–water partition coefficient (Wildman–Crippen LogP) is 4.32. The Kier molecular flexibility index (Phi) is 13.1. The van der Waals surface area contributed by atoms with Crippen LogP contribution in [0.1, 0.15) is 41.6 Å². The number of carbonyl (C=O) groups excluding carboxylic acids is 2. The first-order valence-corrected chi connectivity index (χ1v) is 13.1. The van der Waals surface area contributed by atoms with Crippen LogP contribution in [0.2, 0.25) is 0 Å². The van der Waals surface area contributed by atoms with E-state index in [2.05, 4.69) is 15.7 Å². The summed E-state index contributed by atoms with van der Waals surface area (Å²) in [6.45, 7) is 0. The molecule has 244 valence electrons. The number of nitrogens with one attached hydrogen (secondary N) is 2. The Hall–Kier alpha value is -4.93. The van der Waals surface area contributed by atoms with Crippen LogP contribution in [-0.4, -0.2) is 68.2 Å². The van der Waals surface area contributed by atoms with Crippen molar-refractivity contribution >= 4 is 29.4 Å². The number of benzene rings is 2. The maximum atomic E-state index is 12.7. The number of amides is 2. The van der Waals surface area contributed by atoms with Crippen molar-refractivity contribution < 1.29 is 55.7 Å². The number of rotatable bonds is 6. The molecule has 11 nitrogen and oxygen atoms in total. The summed E-state index contributed by atoms with van der Waals surface area (Å²) in [6.07, 6.45) is -2.70. The molecule has 3 aromatic rings. The highest BCUT2D eigenvalue weighted by atomic mass is 19.4. The Bertz CT molecular complexity index is 1420. The number of halogens is 6. The summed E-state index contributed by atoms with van der Waals surface area (Å²) < 4.78 is 65.1. The Morgan fingerprint density at radius 3 is 2.07 bits per heavy atom. The average molecular weight is 646 g/mol. The van der Waals surface area contributed by atoms with Gasteiger partial charge in [0, 0.05) is 17.6 Å². The zero-order valence-corrected chi connectivity index (χ0v) is 23.3. The Morgan fingerprint density at radius 2 is 1.51 bits per heavy atom. The maximum Gasteiger partial charge on any atom is 0.490 e. The van der Waals surface area contributed by atoms with Gasteiger partial charge in [-0.2, -0.15) is 31.4 Å². The van der Waals surface area contributed by atoms with E-state index in [1.807, 2.05) is 42.5 Å². The molecule has 4 rings (SSSR count). The smallest absolute Gasteiger partial charge is 0.475 e. The molecule has 0 aliphatic heterocycles. The zero-order chi connectivity index (χ0) is 33.8. The van der Waals surface area contributed by atoms with E-state index < -0.39 is 24.3 Å². The van der Waals surface area contributed by atoms with E-state index in [1.165, 1.54) is 0 Å². The Morgan fingerprint density at radius 1 is 0.911 bits per heavy atom. The third-order valence-electron chi connectivity index (χ3n) is 5.98. The number of hydrogen-bond acceptors (Lipinski definition) is 6. The Labute approximate surface area is 252 Å². The molecule has 0 radical (unpaired) electrons. The van der Waals surface area contributed by atoms with Gasteiger partial charge in [-0.1, -0.05) is 36.4 Å². The molecule has 1 aromatic heterocycles. The lowest BCUT2D eigenvalue weighted by atomic mass is 9.91. The summed E-state index contributed by atoms with van der Waals surface area (Å²) in [7, 11) is 0. The van der Waals surface area contributed by atoms with Gasteiger partial charge in [0.15, 0.2) is 0 Å². The second-order valence-corrected chi connectivity index (χ2v) is 9.64. The van der Waals surface area contributed by atoms with Gasteiger partial charge < -0.3 is 26.6 Å². The lowest BCUT2D eigenvalue weighted by Gasteiger charge is -2.27. The lowest BCUT2D eigenvalue weighted by molar-refractivity contribution is -0.193. The first-order valence-electron chi connectivity index (χ1n) is 13.1. The van der Waals surface area contributed by atoms with E-state index in [4.69, 9.17) is 25.5 Å². The normalized spacial score (nSPS) is 16.2. The van der Waals surface area contributed by atoms with E-state index >= 15 is 0 Å². The molecule has 1 fully saturated rings. The number of aromatic nitrogens is 2. The van der Waals surface area contributed by atoms with E-state index in [0.717, 1.165) is 36.9 Å². The third kappa shape index (κ3) is 13.1. The van der Waals surface area contributed by atoms with E-state index in [1.54, 1.807) is 29.2 Å². The average Bonchev–Trinajstić information content (AvgIpc) is 3.41. The fourth-order valence-electron chi connectivity index (χ4n) is 3.93. The minimum Gasteiger partial charge on any atom is -0.475 e. The van der Waals surface area contributed by atoms with Crippen molar-refractivity contribution in [2.75, 3.05) is 5.32 Å². The molecule has 2 aromatic carbocycles. The number of aliphatic carboxylic acids is 2. The van der Waals surface area contributed by atoms with Gasteiger partial charge in [-0.3, -0.25) is 9.59 Å². The molecule has 1 aliphatic rings. The molecule has 17 heteroatoms. The van der Waals surface area contributed by atoms with Gasteiger partial charge in [-0.05, 0) is 49.4 Å². The van der Waals surface area contributed by atoms with Crippen LogP contribution in [-0.2, 0) is 20.8 Å². The fraction of sp³-hybridized carbons (Fsp3) is 0.321. The van der Waals surface area contributed by atoms with Crippen LogP contribution in [0.5, 0.6) is 0 Å². The number of nitrogens with two attached hydrogens (primary N) is 1. The number of anilines is 1. The molecule has 0 spiro atoms. The highest BCUT2D eigenvalue weighted by Crippen LogP contribution is 2.19. The van der Waals surface area contributed by atoms with Crippen molar-refractivity contribution in [2.45, 2.75) is 56.5 Å². The van der Waals surface area contributed by atoms with E-state index in [0.29, 0.717) is 17.7 Å². The highest BCUT2D eigenvalue weighted by Gasteiger charge is 2.38. The molecule has 2 amide bonds. The SMILES string of the molecule is NC1CCC[C@@H](NC(=O)c2cccc(-n3cc(NC(=O)Cc4ccccc4)cn3)c2)C1.O=C(O)C(F)(F)F.O=C(O)C(F)(F)F. The molecular formula is C28H29F6N5O6. The summed E-state index contributed by atoms with van der Waals surface area (Å²) in [4.78, 5) is 42.8. The number of carbonyl (C=O) groups is 4. The minimum absolute atomic E-state index is 0.107. The number of carboxylic acid groups (broad SMARTS) is 2. The van der Waals surface area contributed by atoms with E-state index in [9.17, 15) is 35.9 Å². The van der Waals surface area contributed by atoms with Crippen LogP contribution in [0.4, 0.5) is 32.0 Å². The van der Waals surface area contributed by atoms with Gasteiger partial charge >= 0.3 is 24.3 Å². The standard InChI is InChI=1S/C24H27N5O2.2C2HF3O2/c25-19-9-5-10-20(14-19)28-24(31)18-8-4-11-22(13-18)29-16-21(15-26-29)27-23(30)12-17-6-2-1-3-7-17;2*3-2(4,5)1(6)7/h1-4,6-8,11,13,15-16,19-20H,5,9-10,12,14,25H2,(H,27,30)(H,28,31);2*(H,6,7)/t19?,20-;;/m1../s1. The van der Waals surface area contributed by atoms with E-state index in [-0.39, 0.29) is 23.9 Å². The van der Waals surface area contributed by atoms with Gasteiger partial charge in [-0.25, -0.2) is 14.3 Å². The van der Waals surface area contributed by atoms with Crippen LogP contribution >= 0.6 is 0 Å². The summed E-state index contributed by atoms with van der Waals surface area (Å²) in [6, 6.07) is 17.1. The van der Waals surface area contributed by atoms with Crippen LogP contribution in [0.25, 0.3) is 5.69 Å². The van der Waals surface area contributed by atoms with Crippen molar-refractivity contribution in [3.63, 3.8) is 0 Å². The fourth-order valence-corrected chi connectivity index (χ4v) is 3.93. The maximum absolute atomic E-state index is 12.7. The highest BCUT2D eigenvalue weighted by molar-refractivity contribution is 5.95. The van der Waals surface area contributed by atoms with Crippen LogP contribution < -0.4 is 16.4 Å². The van der Waals surface area contributed by atoms with Crippen molar-refractivity contribution in [1.82, 2.24) is 15.1 Å². The van der Waals surface area contributed by atoms with Crippen molar-refractivity contribution in [1.29, 1.82) is 0 Å². The molecule has 6 N–H and O–H groups in total. The number of carboxylic acids is 2. The van der Waals surface area contributed by atoms with Crippen molar-refractivity contribution in [3.8, 4) is 5.69 Å². The lowest BCUT2D eigenvalue weighted by Crippen LogP contribution is -2.42. The molecule has 2 atom stereocenters. The second kappa shape index (κ2) is 16.2. The molecule has 1 heterocycles. The largest absolute Gasteiger partial charge is 0.490 e. The number of nitrogens with zero attached hydrogens (tertiary/aromatic N) is 2. The molecule has 1 aliphatic carbocycles. The van der Waals surface area contributed by atoms with Gasteiger partial charge in [0.2, 0.25) is 5.91 Å². The molecule has 0 saturated heterocycles. The summed E-state index contributed by atoms with van der Waals surface area (Å²) in [5.74, 6) is -5.73. The van der Waals surface area contributed by atoms with Crippen molar-refractivity contribution in [2.24, 2.45) is 5.73 Å². The molecule has 1 unspecified atom stereocenters. The van der Waals surface area contributed by atoms with Crippen molar-refractivity contribution in [3.05, 3.63) is 78.1 Å². The van der Waals surface area contributed by atoms with Gasteiger partial charge in [0.1, 0.15) is 0 Å². The minimum atomic E-state index is -5.08. The molecule has 1 saturated carbocycles. The van der Waals surface area contributed by atoms with Gasteiger partial charge in [0.05, 0.1) is 30.2 Å².